The fourth-order valence-electron chi connectivity index (χ4n) is 2.15. The van der Waals surface area contributed by atoms with Crippen LogP contribution in [0, 0.1) is 6.92 Å². The highest BCUT2D eigenvalue weighted by atomic mass is 16.5. The van der Waals surface area contributed by atoms with Crippen molar-refractivity contribution >= 4 is 5.97 Å². The molecule has 0 aromatic carbocycles. The van der Waals surface area contributed by atoms with Crippen LogP contribution in [0.2, 0.25) is 0 Å². The Balaban J connectivity index is 2.16. The molecule has 0 saturated heterocycles. The minimum atomic E-state index is -1.03. The molecule has 1 saturated carbocycles. The Labute approximate surface area is 101 Å². The molecule has 0 radical (unpaired) electrons. The summed E-state index contributed by atoms with van der Waals surface area (Å²) in [6.45, 7) is 1.77. The first-order chi connectivity index (χ1) is 8.16. The summed E-state index contributed by atoms with van der Waals surface area (Å²) in [5.41, 5.74) is 0.717. The van der Waals surface area contributed by atoms with E-state index in [9.17, 15) is 4.79 Å². The lowest BCUT2D eigenvalue weighted by molar-refractivity contribution is 0.0678. The lowest BCUT2D eigenvalue weighted by Gasteiger charge is -2.23. The third-order valence-electron chi connectivity index (χ3n) is 3.05. The normalized spacial score (nSPS) is 16.8. The number of carbonyl (C=O) groups is 1. The van der Waals surface area contributed by atoms with Crippen molar-refractivity contribution in [3.63, 3.8) is 0 Å². The largest absolute Gasteiger partial charge is 0.488 e. The Morgan fingerprint density at radius 1 is 1.35 bits per heavy atom. The lowest BCUT2D eigenvalue weighted by atomic mass is 9.98. The number of carboxylic acid groups (broad SMARTS) is 1. The van der Waals surface area contributed by atoms with Crippen molar-refractivity contribution in [3.8, 4) is 5.75 Å². The maximum atomic E-state index is 11.1. The van der Waals surface area contributed by atoms with Crippen molar-refractivity contribution in [2.45, 2.75) is 45.1 Å². The van der Waals surface area contributed by atoms with Gasteiger partial charge in [0.25, 0.3) is 0 Å². The summed E-state index contributed by atoms with van der Waals surface area (Å²) in [5.74, 6) is -0.630. The summed E-state index contributed by atoms with van der Waals surface area (Å²) >= 11 is 0. The first-order valence-electron chi connectivity index (χ1n) is 6.04. The highest BCUT2D eigenvalue weighted by Crippen LogP contribution is 2.25. The number of rotatable bonds is 3. The predicted octanol–water partition coefficient (Wildman–Crippen LogP) is 2.80. The maximum Gasteiger partial charge on any atom is 0.358 e. The average Bonchev–Trinajstić information content (AvgIpc) is 2.32. The van der Waals surface area contributed by atoms with Crippen molar-refractivity contribution < 1.29 is 14.6 Å². The number of nitrogens with zero attached hydrogens (tertiary/aromatic N) is 1. The fraction of sp³-hybridized carbons (Fsp3) is 0.538. The average molecular weight is 235 g/mol. The van der Waals surface area contributed by atoms with Crippen LogP contribution < -0.4 is 4.74 Å². The van der Waals surface area contributed by atoms with E-state index >= 15 is 0 Å². The molecular formula is C13H17NO3. The zero-order valence-electron chi connectivity index (χ0n) is 9.98. The number of hydrogen-bond acceptors (Lipinski definition) is 3. The van der Waals surface area contributed by atoms with E-state index in [1.165, 1.54) is 6.42 Å². The summed E-state index contributed by atoms with van der Waals surface area (Å²) in [6, 6.07) is 3.49. The molecule has 0 unspecified atom stereocenters. The van der Waals surface area contributed by atoms with Crippen LogP contribution in [0.4, 0.5) is 0 Å². The van der Waals surface area contributed by atoms with Crippen LogP contribution in [0.5, 0.6) is 5.75 Å². The molecule has 0 amide bonds. The molecule has 4 nitrogen and oxygen atoms in total. The number of pyridine rings is 1. The number of ether oxygens (including phenoxy) is 1. The van der Waals surface area contributed by atoms with Crippen molar-refractivity contribution in [3.05, 3.63) is 23.5 Å². The third kappa shape index (κ3) is 2.96. The minimum Gasteiger partial charge on any atom is -0.488 e. The van der Waals surface area contributed by atoms with Crippen LogP contribution in [0.3, 0.4) is 0 Å². The van der Waals surface area contributed by atoms with Gasteiger partial charge in [-0.05, 0) is 44.7 Å². The fourth-order valence-corrected chi connectivity index (χ4v) is 2.15. The Morgan fingerprint density at radius 3 is 2.71 bits per heavy atom. The van der Waals surface area contributed by atoms with Gasteiger partial charge in [-0.2, -0.15) is 0 Å². The predicted molar refractivity (Wildman–Crippen MR) is 63.4 cm³/mol. The second kappa shape index (κ2) is 5.17. The number of aryl methyl sites for hydroxylation is 1. The molecule has 1 aliphatic carbocycles. The number of carboxylic acids is 1. The van der Waals surface area contributed by atoms with Crippen molar-refractivity contribution in [1.82, 2.24) is 4.98 Å². The molecule has 4 heteroatoms. The first-order valence-corrected chi connectivity index (χ1v) is 6.04. The number of aromatic nitrogens is 1. The van der Waals surface area contributed by atoms with E-state index in [4.69, 9.17) is 9.84 Å². The first kappa shape index (κ1) is 11.9. The van der Waals surface area contributed by atoms with E-state index in [2.05, 4.69) is 4.98 Å². The van der Waals surface area contributed by atoms with Crippen LogP contribution in [-0.4, -0.2) is 22.2 Å². The van der Waals surface area contributed by atoms with E-state index < -0.39 is 5.97 Å². The molecular weight excluding hydrogens is 218 g/mol. The molecule has 1 heterocycles. The Morgan fingerprint density at radius 2 is 2.06 bits per heavy atom. The molecule has 0 bridgehead atoms. The molecule has 0 spiro atoms. The minimum absolute atomic E-state index is 0.0237. The highest BCUT2D eigenvalue weighted by molar-refractivity contribution is 5.88. The maximum absolute atomic E-state index is 11.1. The molecule has 0 atom stereocenters. The van der Waals surface area contributed by atoms with Gasteiger partial charge in [0.05, 0.1) is 6.10 Å². The highest BCUT2D eigenvalue weighted by Gasteiger charge is 2.19. The van der Waals surface area contributed by atoms with Crippen LogP contribution in [-0.2, 0) is 0 Å². The van der Waals surface area contributed by atoms with E-state index in [0.717, 1.165) is 25.7 Å². The summed E-state index contributed by atoms with van der Waals surface area (Å²) in [6.07, 6.45) is 5.72. The van der Waals surface area contributed by atoms with Crippen molar-refractivity contribution in [1.29, 1.82) is 0 Å². The lowest BCUT2D eigenvalue weighted by Crippen LogP contribution is -2.21. The van der Waals surface area contributed by atoms with Gasteiger partial charge in [0.2, 0.25) is 0 Å². The van der Waals surface area contributed by atoms with Crippen LogP contribution in [0.15, 0.2) is 12.1 Å². The van der Waals surface area contributed by atoms with Crippen LogP contribution in [0.25, 0.3) is 0 Å². The zero-order valence-corrected chi connectivity index (χ0v) is 9.98. The molecule has 1 aliphatic rings. The van der Waals surface area contributed by atoms with E-state index in [0.29, 0.717) is 11.4 Å². The number of aromatic carboxylic acids is 1. The summed E-state index contributed by atoms with van der Waals surface area (Å²) in [4.78, 5) is 15.1. The van der Waals surface area contributed by atoms with Gasteiger partial charge in [-0.3, -0.25) is 0 Å². The second-order valence-electron chi connectivity index (χ2n) is 4.48. The van der Waals surface area contributed by atoms with Crippen molar-refractivity contribution in [2.75, 3.05) is 0 Å². The van der Waals surface area contributed by atoms with Gasteiger partial charge in [0.1, 0.15) is 0 Å². The van der Waals surface area contributed by atoms with Gasteiger partial charge in [0.15, 0.2) is 11.4 Å². The van der Waals surface area contributed by atoms with Crippen molar-refractivity contribution in [2.24, 2.45) is 0 Å². The van der Waals surface area contributed by atoms with Gasteiger partial charge in [-0.25, -0.2) is 9.78 Å². The van der Waals surface area contributed by atoms with E-state index in [1.807, 2.05) is 0 Å². The molecule has 1 aromatic heterocycles. The van der Waals surface area contributed by atoms with Gasteiger partial charge >= 0.3 is 5.97 Å². The van der Waals surface area contributed by atoms with Crippen LogP contribution in [0.1, 0.15) is 48.3 Å². The summed E-state index contributed by atoms with van der Waals surface area (Å²) < 4.78 is 5.76. The third-order valence-corrected chi connectivity index (χ3v) is 3.05. The Bertz CT molecular complexity index is 411. The van der Waals surface area contributed by atoms with Crippen LogP contribution >= 0.6 is 0 Å². The summed E-state index contributed by atoms with van der Waals surface area (Å²) in [5, 5.41) is 9.08. The summed E-state index contributed by atoms with van der Waals surface area (Å²) in [7, 11) is 0. The second-order valence-corrected chi connectivity index (χ2v) is 4.48. The molecule has 1 aromatic rings. The Hall–Kier alpha value is -1.58. The quantitative estimate of drug-likeness (QED) is 0.875. The molecule has 0 aliphatic heterocycles. The molecule has 1 N–H and O–H groups in total. The Kier molecular flexibility index (Phi) is 3.61. The van der Waals surface area contributed by atoms with E-state index in [-0.39, 0.29) is 11.8 Å². The van der Waals surface area contributed by atoms with E-state index in [1.54, 1.807) is 19.1 Å². The smallest absolute Gasteiger partial charge is 0.358 e. The molecule has 1 fully saturated rings. The number of hydrogen-bond donors (Lipinski definition) is 1. The van der Waals surface area contributed by atoms with Gasteiger partial charge in [-0.15, -0.1) is 0 Å². The van der Waals surface area contributed by atoms with Gasteiger partial charge < -0.3 is 9.84 Å². The SMILES string of the molecule is Cc1ccc(OC2CCCCC2)c(C(=O)O)n1. The monoisotopic (exact) mass is 235 g/mol. The molecule has 92 valence electrons. The molecule has 2 rings (SSSR count). The topological polar surface area (TPSA) is 59.4 Å². The van der Waals surface area contributed by atoms with Gasteiger partial charge in [-0.1, -0.05) is 6.42 Å². The molecule has 17 heavy (non-hydrogen) atoms. The standard InChI is InChI=1S/C13H17NO3/c1-9-7-8-11(12(14-9)13(15)16)17-10-5-3-2-4-6-10/h7-8,10H,2-6H2,1H3,(H,15,16). The zero-order chi connectivity index (χ0) is 12.3. The van der Waals surface area contributed by atoms with Gasteiger partial charge in [0, 0.05) is 5.69 Å².